The van der Waals surface area contributed by atoms with E-state index in [-0.39, 0.29) is 17.9 Å². The lowest BCUT2D eigenvalue weighted by Crippen LogP contribution is -2.34. The second-order valence-electron chi connectivity index (χ2n) is 5.33. The maximum atomic E-state index is 11.4. The first-order valence-corrected chi connectivity index (χ1v) is 6.55. The summed E-state index contributed by atoms with van der Waals surface area (Å²) in [5.74, 6) is 0.658. The molecule has 1 amide bonds. The summed E-state index contributed by atoms with van der Waals surface area (Å²) in [5.41, 5.74) is 2.84. The number of carbonyl (C=O) groups excluding carboxylic acids is 1. The Labute approximate surface area is 104 Å². The van der Waals surface area contributed by atoms with Gasteiger partial charge >= 0.3 is 0 Å². The van der Waals surface area contributed by atoms with Crippen molar-refractivity contribution in [2.24, 2.45) is 11.8 Å². The number of hydrazine groups is 1. The van der Waals surface area contributed by atoms with Gasteiger partial charge in [-0.05, 0) is 31.6 Å². The smallest absolute Gasteiger partial charge is 0.238 e. The van der Waals surface area contributed by atoms with E-state index in [1.165, 1.54) is 0 Å². The fraction of sp³-hybridized carbons (Fsp3) is 0.846. The topological polar surface area (TPSA) is 52.6 Å². The van der Waals surface area contributed by atoms with Crippen molar-refractivity contribution in [2.45, 2.75) is 45.6 Å². The van der Waals surface area contributed by atoms with Gasteiger partial charge in [0.15, 0.2) is 0 Å². The van der Waals surface area contributed by atoms with E-state index in [2.05, 4.69) is 26.2 Å². The highest BCUT2D eigenvalue weighted by Gasteiger charge is 2.28. The van der Waals surface area contributed by atoms with Crippen molar-refractivity contribution in [1.29, 1.82) is 0 Å². The molecule has 99 valence electrons. The van der Waals surface area contributed by atoms with Crippen molar-refractivity contribution in [3.8, 4) is 0 Å². The molecule has 0 aromatic heterocycles. The van der Waals surface area contributed by atoms with E-state index in [0.29, 0.717) is 12.3 Å². The van der Waals surface area contributed by atoms with Crippen molar-refractivity contribution in [3.63, 3.8) is 0 Å². The van der Waals surface area contributed by atoms with Gasteiger partial charge in [-0.25, -0.2) is 5.01 Å². The van der Waals surface area contributed by atoms with Crippen LogP contribution in [-0.4, -0.2) is 35.2 Å². The van der Waals surface area contributed by atoms with Gasteiger partial charge in [-0.3, -0.25) is 10.2 Å². The lowest BCUT2D eigenvalue weighted by molar-refractivity contribution is -0.123. The zero-order chi connectivity index (χ0) is 12.8. The zero-order valence-corrected chi connectivity index (χ0v) is 11.0. The number of rotatable bonds is 7. The summed E-state index contributed by atoms with van der Waals surface area (Å²) < 4.78 is 0. The molecule has 2 N–H and O–H groups in total. The molecule has 1 aliphatic rings. The normalized spacial score (nSPS) is 23.1. The lowest BCUT2D eigenvalue weighted by Gasteiger charge is -2.17. The largest absolute Gasteiger partial charge is 0.393 e. The highest BCUT2D eigenvalue weighted by atomic mass is 16.3. The number of amides is 1. The molecule has 1 heterocycles. The number of hydrogen-bond donors (Lipinski definition) is 2. The second-order valence-corrected chi connectivity index (χ2v) is 5.33. The Hall–Kier alpha value is -0.610. The molecule has 4 nitrogen and oxygen atoms in total. The van der Waals surface area contributed by atoms with Crippen LogP contribution in [0.1, 0.15) is 39.5 Å². The van der Waals surface area contributed by atoms with Crippen molar-refractivity contribution in [3.05, 3.63) is 6.92 Å². The molecule has 1 aliphatic heterocycles. The van der Waals surface area contributed by atoms with Crippen molar-refractivity contribution < 1.29 is 9.90 Å². The third kappa shape index (κ3) is 5.04. The van der Waals surface area contributed by atoms with Crippen LogP contribution in [0.5, 0.6) is 0 Å². The lowest BCUT2D eigenvalue weighted by atomic mass is 10.0. The van der Waals surface area contributed by atoms with E-state index >= 15 is 0 Å². The maximum absolute atomic E-state index is 11.4. The van der Waals surface area contributed by atoms with E-state index in [1.807, 2.05) is 5.01 Å². The summed E-state index contributed by atoms with van der Waals surface area (Å²) in [6.07, 6.45) is 3.01. The molecule has 1 radical (unpaired) electrons. The van der Waals surface area contributed by atoms with Gasteiger partial charge in [0.05, 0.1) is 12.0 Å². The van der Waals surface area contributed by atoms with E-state index in [1.54, 1.807) is 0 Å². The van der Waals surface area contributed by atoms with E-state index in [4.69, 9.17) is 0 Å². The van der Waals surface area contributed by atoms with Gasteiger partial charge < -0.3 is 5.11 Å². The third-order valence-corrected chi connectivity index (χ3v) is 3.14. The molecule has 1 fully saturated rings. The summed E-state index contributed by atoms with van der Waals surface area (Å²) in [6, 6.07) is 0. The highest BCUT2D eigenvalue weighted by Crippen LogP contribution is 2.14. The molecule has 4 heteroatoms. The fourth-order valence-corrected chi connectivity index (χ4v) is 2.19. The molecule has 17 heavy (non-hydrogen) atoms. The monoisotopic (exact) mass is 241 g/mol. The minimum Gasteiger partial charge on any atom is -0.393 e. The van der Waals surface area contributed by atoms with Gasteiger partial charge in [0.2, 0.25) is 5.91 Å². The number of aliphatic hydroxyl groups is 1. The van der Waals surface area contributed by atoms with Crippen molar-refractivity contribution >= 4 is 5.91 Å². The van der Waals surface area contributed by atoms with Crippen LogP contribution in [0, 0.1) is 18.8 Å². The van der Waals surface area contributed by atoms with Gasteiger partial charge in [-0.15, -0.1) is 0 Å². The van der Waals surface area contributed by atoms with Crippen LogP contribution in [0.4, 0.5) is 0 Å². The summed E-state index contributed by atoms with van der Waals surface area (Å²) in [4.78, 5) is 11.4. The molecular formula is C13H25N2O2. The molecule has 0 spiro atoms. The average molecular weight is 241 g/mol. The summed E-state index contributed by atoms with van der Waals surface area (Å²) in [6.45, 7) is 9.56. The number of aliphatic hydroxyl groups excluding tert-OH is 1. The van der Waals surface area contributed by atoms with Crippen LogP contribution >= 0.6 is 0 Å². The zero-order valence-electron chi connectivity index (χ0n) is 11.0. The first-order valence-electron chi connectivity index (χ1n) is 6.55. The Balaban J connectivity index is 2.13. The van der Waals surface area contributed by atoms with Crippen LogP contribution in [0.15, 0.2) is 0 Å². The van der Waals surface area contributed by atoms with Crippen LogP contribution in [0.25, 0.3) is 0 Å². The minimum absolute atomic E-state index is 0.0376. The first-order chi connectivity index (χ1) is 8.02. The Morgan fingerprint density at radius 1 is 1.59 bits per heavy atom. The molecular weight excluding hydrogens is 216 g/mol. The SMILES string of the molecule is [CH2]CC1CN(CCCC(O)CC(C)C)NC1=O. The van der Waals surface area contributed by atoms with Crippen molar-refractivity contribution in [1.82, 2.24) is 10.4 Å². The van der Waals surface area contributed by atoms with E-state index in [9.17, 15) is 9.90 Å². The molecule has 2 atom stereocenters. The van der Waals surface area contributed by atoms with Gasteiger partial charge in [0, 0.05) is 13.1 Å². The van der Waals surface area contributed by atoms with Crippen LogP contribution in [-0.2, 0) is 4.79 Å². The van der Waals surface area contributed by atoms with Crippen molar-refractivity contribution in [2.75, 3.05) is 13.1 Å². The predicted molar refractivity (Wildman–Crippen MR) is 67.9 cm³/mol. The molecule has 0 aromatic rings. The molecule has 2 unspecified atom stereocenters. The van der Waals surface area contributed by atoms with Crippen LogP contribution in [0.3, 0.4) is 0 Å². The number of hydrogen-bond acceptors (Lipinski definition) is 3. The molecule has 0 aromatic carbocycles. The minimum atomic E-state index is -0.211. The molecule has 1 rings (SSSR count). The predicted octanol–water partition coefficient (Wildman–Crippen LogP) is 1.36. The van der Waals surface area contributed by atoms with E-state index < -0.39 is 0 Å². The quantitative estimate of drug-likeness (QED) is 0.707. The number of nitrogens with one attached hydrogen (secondary N) is 1. The molecule has 0 saturated carbocycles. The Morgan fingerprint density at radius 2 is 2.29 bits per heavy atom. The van der Waals surface area contributed by atoms with Gasteiger partial charge in [-0.2, -0.15) is 0 Å². The fourth-order valence-electron chi connectivity index (χ4n) is 2.19. The number of carbonyl (C=O) groups is 1. The Bertz CT molecular complexity index is 244. The summed E-state index contributed by atoms with van der Waals surface area (Å²) in [7, 11) is 0. The van der Waals surface area contributed by atoms with E-state index in [0.717, 1.165) is 32.4 Å². The molecule has 0 aliphatic carbocycles. The number of nitrogens with zero attached hydrogens (tertiary/aromatic N) is 1. The Morgan fingerprint density at radius 3 is 2.82 bits per heavy atom. The first kappa shape index (κ1) is 14.5. The summed E-state index contributed by atoms with van der Waals surface area (Å²) in [5, 5.41) is 11.7. The summed E-state index contributed by atoms with van der Waals surface area (Å²) >= 11 is 0. The molecule has 0 bridgehead atoms. The molecule has 1 saturated heterocycles. The van der Waals surface area contributed by atoms with Gasteiger partial charge in [-0.1, -0.05) is 20.8 Å². The third-order valence-electron chi connectivity index (χ3n) is 3.14. The van der Waals surface area contributed by atoms with Crippen LogP contribution in [0.2, 0.25) is 0 Å². The standard InChI is InChI=1S/C13H25N2O2/c1-4-11-9-15(14-13(11)17)7-5-6-12(16)8-10(2)3/h10-12,16H,1,4-9H2,2-3H3,(H,14,17). The van der Waals surface area contributed by atoms with Gasteiger partial charge in [0.1, 0.15) is 0 Å². The van der Waals surface area contributed by atoms with Gasteiger partial charge in [0.25, 0.3) is 0 Å². The highest BCUT2D eigenvalue weighted by molar-refractivity contribution is 5.80. The Kier molecular flexibility index (Phi) is 5.92. The second kappa shape index (κ2) is 6.97. The average Bonchev–Trinajstić information content (AvgIpc) is 2.57. The van der Waals surface area contributed by atoms with Crippen LogP contribution < -0.4 is 5.43 Å². The maximum Gasteiger partial charge on any atom is 0.238 e.